The summed E-state index contributed by atoms with van der Waals surface area (Å²) in [5.74, 6) is 1.24. The number of aliphatic hydroxyl groups excluding tert-OH is 1. The molecule has 4 rings (SSSR count). The molecule has 2 N–H and O–H groups in total. The van der Waals surface area contributed by atoms with Crippen molar-refractivity contribution in [1.82, 2.24) is 24.1 Å². The number of hydrogen-bond donors (Lipinski definition) is 2. The molecular weight excluding hydrogens is 360 g/mol. The lowest BCUT2D eigenvalue weighted by atomic mass is 10.2. The molecule has 0 spiro atoms. The minimum Gasteiger partial charge on any atom is -0.395 e. The Hall–Kier alpha value is -2.94. The SMILES string of the molecule is CCCn1c(=O)n(C2CC2)c(=O)c2[nH]c(-c3ccc(N(C)CCO)nc3)nc21. The Kier molecular flexibility index (Phi) is 4.76. The smallest absolute Gasteiger partial charge is 0.333 e. The summed E-state index contributed by atoms with van der Waals surface area (Å²) >= 11 is 0. The lowest BCUT2D eigenvalue weighted by molar-refractivity contribution is 0.304. The van der Waals surface area contributed by atoms with Crippen LogP contribution < -0.4 is 16.1 Å². The van der Waals surface area contributed by atoms with Crippen molar-refractivity contribution in [2.24, 2.45) is 0 Å². The number of aliphatic hydroxyl groups is 1. The van der Waals surface area contributed by atoms with E-state index < -0.39 is 0 Å². The first-order valence-electron chi connectivity index (χ1n) is 9.58. The Morgan fingerprint density at radius 3 is 2.71 bits per heavy atom. The van der Waals surface area contributed by atoms with E-state index in [4.69, 9.17) is 5.11 Å². The van der Waals surface area contributed by atoms with E-state index in [0.29, 0.717) is 30.1 Å². The van der Waals surface area contributed by atoms with Crippen LogP contribution in [0.4, 0.5) is 5.82 Å². The van der Waals surface area contributed by atoms with Gasteiger partial charge in [-0.05, 0) is 31.4 Å². The van der Waals surface area contributed by atoms with Gasteiger partial charge in [-0.1, -0.05) is 6.92 Å². The highest BCUT2D eigenvalue weighted by Gasteiger charge is 2.29. The third kappa shape index (κ3) is 3.11. The predicted octanol–water partition coefficient (Wildman–Crippen LogP) is 1.12. The minimum absolute atomic E-state index is 0.00210. The maximum Gasteiger partial charge on any atom is 0.333 e. The predicted molar refractivity (Wildman–Crippen MR) is 107 cm³/mol. The number of rotatable bonds is 7. The summed E-state index contributed by atoms with van der Waals surface area (Å²) in [7, 11) is 1.85. The lowest BCUT2D eigenvalue weighted by Crippen LogP contribution is -2.39. The molecule has 9 nitrogen and oxygen atoms in total. The van der Waals surface area contributed by atoms with Gasteiger partial charge in [-0.25, -0.2) is 14.8 Å². The molecule has 0 aliphatic heterocycles. The van der Waals surface area contributed by atoms with Crippen molar-refractivity contribution < 1.29 is 5.11 Å². The summed E-state index contributed by atoms with van der Waals surface area (Å²) in [6.45, 7) is 3.03. The zero-order valence-corrected chi connectivity index (χ0v) is 16.1. The number of aryl methyl sites for hydroxylation is 1. The highest BCUT2D eigenvalue weighted by molar-refractivity contribution is 5.75. The minimum atomic E-state index is -0.305. The Morgan fingerprint density at radius 1 is 1.32 bits per heavy atom. The third-order valence-corrected chi connectivity index (χ3v) is 5.02. The average molecular weight is 384 g/mol. The second-order valence-electron chi connectivity index (χ2n) is 7.17. The first-order valence-corrected chi connectivity index (χ1v) is 9.58. The van der Waals surface area contributed by atoms with Crippen molar-refractivity contribution in [2.45, 2.75) is 38.8 Å². The van der Waals surface area contributed by atoms with Gasteiger partial charge in [0, 0.05) is 37.9 Å². The fourth-order valence-corrected chi connectivity index (χ4v) is 3.37. The maximum absolute atomic E-state index is 12.9. The molecule has 0 atom stereocenters. The number of nitrogens with zero attached hydrogens (tertiary/aromatic N) is 5. The van der Waals surface area contributed by atoms with Crippen LogP contribution in [0.2, 0.25) is 0 Å². The van der Waals surface area contributed by atoms with E-state index in [2.05, 4.69) is 15.0 Å². The Labute approximate surface area is 161 Å². The van der Waals surface area contributed by atoms with Gasteiger partial charge in [-0.2, -0.15) is 0 Å². The summed E-state index contributed by atoms with van der Waals surface area (Å²) < 4.78 is 2.96. The zero-order chi connectivity index (χ0) is 19.8. The number of imidazole rings is 1. The van der Waals surface area contributed by atoms with Crippen LogP contribution in [0.3, 0.4) is 0 Å². The van der Waals surface area contributed by atoms with E-state index in [1.807, 2.05) is 31.0 Å². The molecule has 0 aromatic carbocycles. The van der Waals surface area contributed by atoms with Crippen molar-refractivity contribution in [3.05, 3.63) is 39.2 Å². The number of pyridine rings is 1. The molecule has 0 amide bonds. The molecule has 1 saturated carbocycles. The fraction of sp³-hybridized carbons (Fsp3) is 0.474. The third-order valence-electron chi connectivity index (χ3n) is 5.02. The molecule has 9 heteroatoms. The summed E-state index contributed by atoms with van der Waals surface area (Å²) in [6.07, 6.45) is 4.16. The number of aromatic amines is 1. The van der Waals surface area contributed by atoms with E-state index in [1.165, 1.54) is 4.57 Å². The lowest BCUT2D eigenvalue weighted by Gasteiger charge is -2.16. The maximum atomic E-state index is 12.9. The van der Waals surface area contributed by atoms with Crippen LogP contribution in [0, 0.1) is 0 Å². The highest BCUT2D eigenvalue weighted by atomic mass is 16.3. The van der Waals surface area contributed by atoms with Crippen molar-refractivity contribution >= 4 is 17.0 Å². The summed E-state index contributed by atoms with van der Waals surface area (Å²) in [5.41, 5.74) is 0.895. The van der Waals surface area contributed by atoms with Crippen LogP contribution in [0.25, 0.3) is 22.6 Å². The number of likely N-dealkylation sites (N-methyl/N-ethyl adjacent to an activating group) is 1. The Balaban J connectivity index is 1.81. The number of nitrogens with one attached hydrogen (secondary N) is 1. The largest absolute Gasteiger partial charge is 0.395 e. The number of hydrogen-bond acceptors (Lipinski definition) is 6. The normalized spacial score (nSPS) is 14.0. The summed E-state index contributed by atoms with van der Waals surface area (Å²) in [5, 5.41) is 9.05. The first kappa shape index (κ1) is 18.4. The molecule has 0 saturated heterocycles. The zero-order valence-electron chi connectivity index (χ0n) is 16.1. The van der Waals surface area contributed by atoms with E-state index in [1.54, 1.807) is 10.8 Å². The molecule has 28 heavy (non-hydrogen) atoms. The van der Waals surface area contributed by atoms with Gasteiger partial charge in [-0.3, -0.25) is 13.9 Å². The molecule has 0 unspecified atom stereocenters. The Bertz CT molecular complexity index is 1110. The van der Waals surface area contributed by atoms with Gasteiger partial charge in [0.15, 0.2) is 5.65 Å². The molecule has 1 aliphatic carbocycles. The van der Waals surface area contributed by atoms with Gasteiger partial charge in [0.25, 0.3) is 5.56 Å². The van der Waals surface area contributed by atoms with Crippen LogP contribution in [0.1, 0.15) is 32.2 Å². The monoisotopic (exact) mass is 384 g/mol. The number of anilines is 1. The summed E-state index contributed by atoms with van der Waals surface area (Å²) in [4.78, 5) is 39.6. The molecule has 148 valence electrons. The van der Waals surface area contributed by atoms with Gasteiger partial charge < -0.3 is 15.0 Å². The van der Waals surface area contributed by atoms with E-state index in [9.17, 15) is 9.59 Å². The molecular formula is C19H24N6O3. The van der Waals surface area contributed by atoms with Crippen LogP contribution in [-0.4, -0.2) is 49.4 Å². The molecule has 1 fully saturated rings. The van der Waals surface area contributed by atoms with Crippen LogP contribution in [0.5, 0.6) is 0 Å². The van der Waals surface area contributed by atoms with Crippen LogP contribution in [0.15, 0.2) is 27.9 Å². The number of H-pyrrole nitrogens is 1. The highest BCUT2D eigenvalue weighted by Crippen LogP contribution is 2.32. The number of aromatic nitrogens is 5. The quantitative estimate of drug-likeness (QED) is 0.632. The van der Waals surface area contributed by atoms with E-state index >= 15 is 0 Å². The first-order chi connectivity index (χ1) is 13.5. The van der Waals surface area contributed by atoms with Gasteiger partial charge >= 0.3 is 5.69 Å². The molecule has 3 aromatic heterocycles. The van der Waals surface area contributed by atoms with E-state index in [0.717, 1.165) is 30.6 Å². The average Bonchev–Trinajstić information content (AvgIpc) is 3.42. The van der Waals surface area contributed by atoms with Crippen molar-refractivity contribution in [3.63, 3.8) is 0 Å². The van der Waals surface area contributed by atoms with E-state index in [-0.39, 0.29) is 23.9 Å². The van der Waals surface area contributed by atoms with Crippen LogP contribution in [-0.2, 0) is 6.54 Å². The molecule has 1 aliphatic rings. The van der Waals surface area contributed by atoms with Gasteiger partial charge in [0.2, 0.25) is 0 Å². The van der Waals surface area contributed by atoms with Crippen molar-refractivity contribution in [1.29, 1.82) is 0 Å². The standard InChI is InChI=1S/C19H24N6O3/c1-3-8-24-17-15(18(27)25(19(24)28)13-5-6-13)21-16(22-17)12-4-7-14(20-11-12)23(2)9-10-26/h4,7,11,13,26H,3,5-6,8-10H2,1-2H3,(H,21,22). The molecule has 3 heterocycles. The van der Waals surface area contributed by atoms with Crippen molar-refractivity contribution in [3.8, 4) is 11.4 Å². The van der Waals surface area contributed by atoms with Gasteiger partial charge in [0.1, 0.15) is 17.2 Å². The second-order valence-corrected chi connectivity index (χ2v) is 7.17. The summed E-state index contributed by atoms with van der Waals surface area (Å²) in [6, 6.07) is 3.69. The van der Waals surface area contributed by atoms with Gasteiger partial charge in [-0.15, -0.1) is 0 Å². The topological polar surface area (TPSA) is 109 Å². The fourth-order valence-electron chi connectivity index (χ4n) is 3.37. The van der Waals surface area contributed by atoms with Gasteiger partial charge in [0.05, 0.1) is 6.61 Å². The number of fused-ring (bicyclic) bond motifs is 1. The Morgan fingerprint density at radius 2 is 2.11 bits per heavy atom. The van der Waals surface area contributed by atoms with Crippen molar-refractivity contribution in [2.75, 3.05) is 25.1 Å². The second kappa shape index (κ2) is 7.23. The molecule has 3 aromatic rings. The van der Waals surface area contributed by atoms with Crippen LogP contribution >= 0.6 is 0 Å². The molecule has 0 radical (unpaired) electrons. The molecule has 0 bridgehead atoms.